The van der Waals surface area contributed by atoms with E-state index >= 15 is 0 Å². The second-order valence-electron chi connectivity index (χ2n) is 4.51. The summed E-state index contributed by atoms with van der Waals surface area (Å²) in [4.78, 5) is 2.65. The molecule has 3 saturated heterocycles. The molecule has 6 aliphatic rings. The number of nitrogens with zero attached hydrogens (tertiary/aromatic N) is 1. The van der Waals surface area contributed by atoms with E-state index in [2.05, 4.69) is 4.90 Å². The van der Waals surface area contributed by atoms with Crippen molar-refractivity contribution >= 4 is 0 Å². The van der Waals surface area contributed by atoms with Crippen LogP contribution < -0.4 is 5.73 Å². The lowest BCUT2D eigenvalue weighted by atomic mass is 9.13. The maximum absolute atomic E-state index is 6.14. The number of rotatable bonds is 0. The van der Waals surface area contributed by atoms with Gasteiger partial charge in [0.15, 0.2) is 0 Å². The fourth-order valence-corrected chi connectivity index (χ4v) is 4.79. The van der Waals surface area contributed by atoms with E-state index in [0.29, 0.717) is 5.54 Å². The van der Waals surface area contributed by atoms with Crippen LogP contribution in [0.1, 0.15) is 0 Å². The van der Waals surface area contributed by atoms with Crippen LogP contribution in [-0.2, 0) is 0 Å². The average molecular weight is 120 g/mol. The van der Waals surface area contributed by atoms with Gasteiger partial charge in [-0.05, 0) is 17.8 Å². The number of hydrogen-bond donors (Lipinski definition) is 1. The van der Waals surface area contributed by atoms with Crippen LogP contribution in [0.4, 0.5) is 0 Å². The summed E-state index contributed by atoms with van der Waals surface area (Å²) in [6.45, 7) is 0. The molecule has 3 aliphatic carbocycles. The fraction of sp³-hybridized carbons (Fsp3) is 1.00. The van der Waals surface area contributed by atoms with Crippen LogP contribution in [0, 0.1) is 17.8 Å². The highest BCUT2D eigenvalue weighted by Gasteiger charge is 3.03. The normalized spacial score (nSPS) is 99.7. The molecule has 6 rings (SSSR count). The molecule has 0 aromatic carbocycles. The molecule has 3 saturated carbocycles. The quantitative estimate of drug-likeness (QED) is 0.444. The lowest BCUT2D eigenvalue weighted by Crippen LogP contribution is -3.21. The maximum Gasteiger partial charge on any atom is 0.0513 e. The van der Waals surface area contributed by atoms with Crippen LogP contribution in [-0.4, -0.2) is 28.6 Å². The zero-order valence-electron chi connectivity index (χ0n) is 4.99. The third kappa shape index (κ3) is 0.0955. The van der Waals surface area contributed by atoms with Gasteiger partial charge in [0.2, 0.25) is 0 Å². The van der Waals surface area contributed by atoms with Gasteiger partial charge in [-0.15, -0.1) is 0 Å². The molecule has 0 amide bonds. The molecular formula is C7H8N2. The Kier molecular flexibility index (Phi) is 0.195. The summed E-state index contributed by atoms with van der Waals surface area (Å²) in [5.41, 5.74) is 6.53. The zero-order chi connectivity index (χ0) is 5.54. The summed E-state index contributed by atoms with van der Waals surface area (Å²) < 4.78 is 0. The van der Waals surface area contributed by atoms with E-state index in [1.807, 2.05) is 0 Å². The van der Waals surface area contributed by atoms with Gasteiger partial charge in [0.05, 0.1) is 5.54 Å². The predicted octanol–water partition coefficient (Wildman–Crippen LogP) is -0.992. The lowest BCUT2D eigenvalue weighted by molar-refractivity contribution is -0.554. The molecule has 0 aromatic heterocycles. The van der Waals surface area contributed by atoms with Crippen molar-refractivity contribution in [2.24, 2.45) is 23.5 Å². The highest BCUT2D eigenvalue weighted by molar-refractivity contribution is 5.58. The average Bonchev–Trinajstić information content (AvgIpc) is 1.88. The summed E-state index contributed by atoms with van der Waals surface area (Å²) in [5.74, 6) is 3.22. The van der Waals surface area contributed by atoms with Crippen LogP contribution >= 0.6 is 0 Å². The molecule has 46 valence electrons. The van der Waals surface area contributed by atoms with E-state index < -0.39 is 0 Å². The first kappa shape index (κ1) is 3.35. The Bertz CT molecular complexity index is 209. The molecule has 3 unspecified atom stereocenters. The Hall–Kier alpha value is -0.0800. The largest absolute Gasteiger partial charge is 0.322 e. The van der Waals surface area contributed by atoms with Gasteiger partial charge < -0.3 is 5.73 Å². The Morgan fingerprint density at radius 3 is 2.11 bits per heavy atom. The first-order chi connectivity index (χ1) is 4.37. The molecule has 2 nitrogen and oxygen atoms in total. The van der Waals surface area contributed by atoms with Crippen molar-refractivity contribution in [3.05, 3.63) is 0 Å². The minimum atomic E-state index is 0.393. The van der Waals surface area contributed by atoms with Crippen molar-refractivity contribution in [1.82, 2.24) is 4.90 Å². The second kappa shape index (κ2) is 0.523. The van der Waals surface area contributed by atoms with E-state index in [1.54, 1.807) is 0 Å². The van der Waals surface area contributed by atoms with E-state index in [9.17, 15) is 0 Å². The molecule has 9 heavy (non-hydrogen) atoms. The zero-order valence-corrected chi connectivity index (χ0v) is 4.99. The van der Waals surface area contributed by atoms with Gasteiger partial charge in [0.25, 0.3) is 0 Å². The van der Waals surface area contributed by atoms with E-state index in [-0.39, 0.29) is 0 Å². The monoisotopic (exact) mass is 120 g/mol. The van der Waals surface area contributed by atoms with Crippen molar-refractivity contribution < 1.29 is 0 Å². The second-order valence-corrected chi connectivity index (χ2v) is 4.51. The molecule has 0 radical (unpaired) electrons. The third-order valence-corrected chi connectivity index (χ3v) is 4.94. The van der Waals surface area contributed by atoms with Crippen molar-refractivity contribution in [3.8, 4) is 0 Å². The molecule has 3 aliphatic heterocycles. The maximum atomic E-state index is 6.14. The minimum absolute atomic E-state index is 0.393. The molecule has 0 aromatic rings. The standard InChI is InChI=1S/C7H8N2/c8-7-3-1-4-2(3)6(7)9(4)5(1)7/h1-6H,8H2/t1-,2+,3?,4?,5-,6-,7?/m0/s1. The number of hydrogen-bond acceptors (Lipinski definition) is 2. The van der Waals surface area contributed by atoms with E-state index in [1.165, 1.54) is 0 Å². The summed E-state index contributed by atoms with van der Waals surface area (Å²) in [5, 5.41) is 0. The number of piperidine rings is 12. The molecule has 6 fully saturated rings. The molecule has 0 spiro atoms. The van der Waals surface area contributed by atoms with E-state index in [4.69, 9.17) is 5.73 Å². The van der Waals surface area contributed by atoms with Crippen molar-refractivity contribution in [2.75, 3.05) is 0 Å². The predicted molar refractivity (Wildman–Crippen MR) is 30.6 cm³/mol. The van der Waals surface area contributed by atoms with Gasteiger partial charge in [-0.1, -0.05) is 0 Å². The van der Waals surface area contributed by atoms with Crippen LogP contribution in [0.2, 0.25) is 0 Å². The van der Waals surface area contributed by atoms with Crippen molar-refractivity contribution in [1.29, 1.82) is 0 Å². The Labute approximate surface area is 53.0 Å². The Morgan fingerprint density at radius 1 is 1.22 bits per heavy atom. The third-order valence-electron chi connectivity index (χ3n) is 4.94. The molecular weight excluding hydrogens is 112 g/mol. The van der Waals surface area contributed by atoms with Crippen LogP contribution in [0.25, 0.3) is 0 Å². The smallest absolute Gasteiger partial charge is 0.0513 e. The summed E-state index contributed by atoms with van der Waals surface area (Å²) in [6.07, 6.45) is 0. The Morgan fingerprint density at radius 2 is 1.89 bits per heavy atom. The molecule has 2 N–H and O–H groups in total. The lowest BCUT2D eigenvalue weighted by Gasteiger charge is -3.07. The minimum Gasteiger partial charge on any atom is -0.322 e. The topological polar surface area (TPSA) is 29.3 Å². The highest BCUT2D eigenvalue weighted by Crippen LogP contribution is 2.90. The summed E-state index contributed by atoms with van der Waals surface area (Å²) >= 11 is 0. The van der Waals surface area contributed by atoms with Gasteiger partial charge in [-0.25, -0.2) is 0 Å². The van der Waals surface area contributed by atoms with Gasteiger partial charge in [-0.2, -0.15) is 0 Å². The SMILES string of the molecule is NC12C3[C@H]4C5[C@@H]3[C@@H]1N5[C@@H]42. The van der Waals surface area contributed by atoms with Gasteiger partial charge in [0.1, 0.15) is 0 Å². The highest BCUT2D eigenvalue weighted by atomic mass is 15.6. The van der Waals surface area contributed by atoms with Gasteiger partial charge >= 0.3 is 0 Å². The molecule has 0 bridgehead atoms. The molecule has 3 heterocycles. The van der Waals surface area contributed by atoms with E-state index in [0.717, 1.165) is 35.9 Å². The number of nitrogens with two attached hydrogens (primary N) is 1. The van der Waals surface area contributed by atoms with Crippen molar-refractivity contribution in [2.45, 2.75) is 23.7 Å². The first-order valence-electron chi connectivity index (χ1n) is 3.93. The van der Waals surface area contributed by atoms with Crippen LogP contribution in [0.15, 0.2) is 0 Å². The van der Waals surface area contributed by atoms with Crippen molar-refractivity contribution in [3.63, 3.8) is 0 Å². The molecule has 2 heteroatoms. The summed E-state index contributed by atoms with van der Waals surface area (Å²) in [6, 6.07) is 2.85. The summed E-state index contributed by atoms with van der Waals surface area (Å²) in [7, 11) is 0. The van der Waals surface area contributed by atoms with Gasteiger partial charge in [-0.3, -0.25) is 4.90 Å². The molecule has 7 atom stereocenters. The first-order valence-corrected chi connectivity index (χ1v) is 3.93. The van der Waals surface area contributed by atoms with Crippen LogP contribution in [0.5, 0.6) is 0 Å². The van der Waals surface area contributed by atoms with Gasteiger partial charge in [0, 0.05) is 18.1 Å². The fourth-order valence-electron chi connectivity index (χ4n) is 4.79. The van der Waals surface area contributed by atoms with Crippen LogP contribution in [0.3, 0.4) is 0 Å². The Balaban J connectivity index is 1.93.